The Morgan fingerprint density at radius 1 is 1.38 bits per heavy atom. The summed E-state index contributed by atoms with van der Waals surface area (Å²) >= 11 is 0. The number of benzene rings is 1. The molecule has 3 rings (SSSR count). The fourth-order valence-corrected chi connectivity index (χ4v) is 1.95. The quantitative estimate of drug-likeness (QED) is 0.737. The molecule has 21 heavy (non-hydrogen) atoms. The molecule has 6 nitrogen and oxygen atoms in total. The molecule has 0 atom stereocenters. The molecule has 2 aromatic heterocycles. The van der Waals surface area contributed by atoms with Crippen LogP contribution in [0.2, 0.25) is 0 Å². The highest BCUT2D eigenvalue weighted by molar-refractivity contribution is 5.57. The molecule has 108 valence electrons. The fourth-order valence-electron chi connectivity index (χ4n) is 1.95. The molecule has 0 amide bonds. The van der Waals surface area contributed by atoms with Crippen LogP contribution in [0.25, 0.3) is 11.5 Å². The van der Waals surface area contributed by atoms with Gasteiger partial charge in [0.2, 0.25) is 5.89 Å². The van der Waals surface area contributed by atoms with Gasteiger partial charge < -0.3 is 9.15 Å². The minimum absolute atomic E-state index is 0.221. The zero-order valence-electron chi connectivity index (χ0n) is 11.6. The van der Waals surface area contributed by atoms with Gasteiger partial charge in [0.05, 0.1) is 19.2 Å². The highest BCUT2D eigenvalue weighted by Gasteiger charge is 2.16. The first-order valence-electron chi connectivity index (χ1n) is 6.30. The van der Waals surface area contributed by atoms with E-state index in [9.17, 15) is 4.39 Å². The Morgan fingerprint density at radius 2 is 2.24 bits per heavy atom. The van der Waals surface area contributed by atoms with Gasteiger partial charge in [0.1, 0.15) is 35.7 Å². The highest BCUT2D eigenvalue weighted by Crippen LogP contribution is 2.28. The molecule has 3 aromatic rings. The number of ether oxygens (including phenoxy) is 1. The van der Waals surface area contributed by atoms with E-state index in [1.54, 1.807) is 30.1 Å². The van der Waals surface area contributed by atoms with Gasteiger partial charge in [-0.15, -0.1) is 0 Å². The number of rotatable bonds is 4. The second-order valence-electron chi connectivity index (χ2n) is 4.46. The largest absolute Gasteiger partial charge is 0.497 e. The van der Waals surface area contributed by atoms with E-state index in [0.29, 0.717) is 23.7 Å². The van der Waals surface area contributed by atoms with Crippen molar-refractivity contribution < 1.29 is 13.5 Å². The number of hydrogen-bond acceptors (Lipinski definition) is 5. The number of halogens is 1. The van der Waals surface area contributed by atoms with Crippen LogP contribution >= 0.6 is 0 Å². The van der Waals surface area contributed by atoms with Crippen LogP contribution in [-0.4, -0.2) is 26.9 Å². The van der Waals surface area contributed by atoms with Crippen LogP contribution in [0.1, 0.15) is 11.5 Å². The van der Waals surface area contributed by atoms with Crippen molar-refractivity contribution in [2.75, 3.05) is 7.11 Å². The molecule has 1 aromatic carbocycles. The van der Waals surface area contributed by atoms with E-state index >= 15 is 0 Å². The summed E-state index contributed by atoms with van der Waals surface area (Å²) in [6, 6.07) is 4.43. The van der Waals surface area contributed by atoms with Crippen LogP contribution in [0.15, 0.2) is 35.3 Å². The van der Waals surface area contributed by atoms with Crippen molar-refractivity contribution in [2.24, 2.45) is 0 Å². The standard InChI is InChI=1S/C14H13FN4O2/c1-9-13(6-19-8-16-7-17-19)18-14(21-9)11-5-10(20-2)3-4-12(11)15/h3-5,7-8H,6H2,1-2H3. The molecule has 2 heterocycles. The summed E-state index contributed by atoms with van der Waals surface area (Å²) in [4.78, 5) is 8.21. The van der Waals surface area contributed by atoms with Crippen LogP contribution in [0, 0.1) is 12.7 Å². The molecule has 0 fully saturated rings. The Bertz CT molecular complexity index is 752. The zero-order valence-corrected chi connectivity index (χ0v) is 11.6. The van der Waals surface area contributed by atoms with Crippen molar-refractivity contribution in [2.45, 2.75) is 13.5 Å². The molecular formula is C14H13FN4O2. The number of oxazole rings is 1. The van der Waals surface area contributed by atoms with Gasteiger partial charge in [-0.1, -0.05) is 0 Å². The summed E-state index contributed by atoms with van der Waals surface area (Å²) in [5.41, 5.74) is 0.944. The molecular weight excluding hydrogens is 275 g/mol. The lowest BCUT2D eigenvalue weighted by Gasteiger charge is -2.02. The third kappa shape index (κ3) is 2.62. The second kappa shape index (κ2) is 5.35. The van der Waals surface area contributed by atoms with E-state index in [1.165, 1.54) is 19.5 Å². The highest BCUT2D eigenvalue weighted by atomic mass is 19.1. The summed E-state index contributed by atoms with van der Waals surface area (Å²) < 4.78 is 26.2. The summed E-state index contributed by atoms with van der Waals surface area (Å²) in [6.45, 7) is 2.20. The maximum absolute atomic E-state index is 13.9. The first kappa shape index (κ1) is 13.3. The molecule has 0 aliphatic rings. The van der Waals surface area contributed by atoms with E-state index in [-0.39, 0.29) is 11.5 Å². The maximum Gasteiger partial charge on any atom is 0.229 e. The smallest absolute Gasteiger partial charge is 0.229 e. The van der Waals surface area contributed by atoms with E-state index in [2.05, 4.69) is 15.1 Å². The van der Waals surface area contributed by atoms with Gasteiger partial charge in [-0.2, -0.15) is 5.10 Å². The molecule has 7 heteroatoms. The first-order valence-corrected chi connectivity index (χ1v) is 6.30. The van der Waals surface area contributed by atoms with Gasteiger partial charge in [0, 0.05) is 0 Å². The Labute approximate surface area is 120 Å². The number of methoxy groups -OCH3 is 1. The van der Waals surface area contributed by atoms with Crippen molar-refractivity contribution in [3.63, 3.8) is 0 Å². The number of hydrogen-bond donors (Lipinski definition) is 0. The van der Waals surface area contributed by atoms with Crippen LogP contribution in [-0.2, 0) is 6.54 Å². The molecule has 0 radical (unpaired) electrons. The molecule has 0 aliphatic heterocycles. The normalized spacial score (nSPS) is 10.8. The number of nitrogens with zero attached hydrogens (tertiary/aromatic N) is 4. The topological polar surface area (TPSA) is 66.0 Å². The fraction of sp³-hybridized carbons (Fsp3) is 0.214. The lowest BCUT2D eigenvalue weighted by molar-refractivity contribution is 0.413. The molecule has 0 saturated heterocycles. The van der Waals surface area contributed by atoms with Crippen molar-refractivity contribution in [1.29, 1.82) is 0 Å². The third-order valence-corrected chi connectivity index (χ3v) is 3.07. The zero-order chi connectivity index (χ0) is 14.8. The lowest BCUT2D eigenvalue weighted by atomic mass is 10.2. The molecule has 0 spiro atoms. The Hall–Kier alpha value is -2.70. The van der Waals surface area contributed by atoms with Crippen LogP contribution < -0.4 is 4.74 Å². The van der Waals surface area contributed by atoms with Crippen molar-refractivity contribution in [1.82, 2.24) is 19.7 Å². The van der Waals surface area contributed by atoms with E-state index in [1.807, 2.05) is 0 Å². The molecule has 0 saturated carbocycles. The SMILES string of the molecule is COc1ccc(F)c(-c2nc(Cn3cncn3)c(C)o2)c1. The Kier molecular flexibility index (Phi) is 3.39. The number of aromatic nitrogens is 4. The molecule has 0 bridgehead atoms. The first-order chi connectivity index (χ1) is 10.2. The van der Waals surface area contributed by atoms with Crippen LogP contribution in [0.5, 0.6) is 5.75 Å². The van der Waals surface area contributed by atoms with E-state index in [4.69, 9.17) is 9.15 Å². The second-order valence-corrected chi connectivity index (χ2v) is 4.46. The van der Waals surface area contributed by atoms with Crippen molar-refractivity contribution in [3.05, 3.63) is 48.1 Å². The maximum atomic E-state index is 13.9. The molecule has 0 N–H and O–H groups in total. The van der Waals surface area contributed by atoms with Crippen LogP contribution in [0.3, 0.4) is 0 Å². The van der Waals surface area contributed by atoms with E-state index < -0.39 is 5.82 Å². The predicted molar refractivity (Wildman–Crippen MR) is 72.3 cm³/mol. The average molecular weight is 288 g/mol. The van der Waals surface area contributed by atoms with Crippen molar-refractivity contribution >= 4 is 0 Å². The monoisotopic (exact) mass is 288 g/mol. The summed E-state index contributed by atoms with van der Waals surface area (Å²) in [5, 5.41) is 4.01. The summed E-state index contributed by atoms with van der Waals surface area (Å²) in [6.07, 6.45) is 3.03. The molecule has 0 unspecified atom stereocenters. The van der Waals surface area contributed by atoms with Gasteiger partial charge >= 0.3 is 0 Å². The van der Waals surface area contributed by atoms with Gasteiger partial charge in [0.15, 0.2) is 0 Å². The Morgan fingerprint density at radius 3 is 2.95 bits per heavy atom. The molecule has 0 aliphatic carbocycles. The van der Waals surface area contributed by atoms with Gasteiger partial charge in [-0.05, 0) is 25.1 Å². The average Bonchev–Trinajstić information content (AvgIpc) is 3.11. The summed E-state index contributed by atoms with van der Waals surface area (Å²) in [7, 11) is 1.52. The minimum atomic E-state index is -0.413. The summed E-state index contributed by atoms with van der Waals surface area (Å²) in [5.74, 6) is 0.964. The lowest BCUT2D eigenvalue weighted by Crippen LogP contribution is -2.01. The van der Waals surface area contributed by atoms with E-state index in [0.717, 1.165) is 0 Å². The third-order valence-electron chi connectivity index (χ3n) is 3.07. The van der Waals surface area contributed by atoms with Gasteiger partial charge in [-0.3, -0.25) is 0 Å². The number of aryl methyl sites for hydroxylation is 1. The minimum Gasteiger partial charge on any atom is -0.497 e. The van der Waals surface area contributed by atoms with Gasteiger partial charge in [0.25, 0.3) is 0 Å². The van der Waals surface area contributed by atoms with Crippen LogP contribution in [0.4, 0.5) is 4.39 Å². The van der Waals surface area contributed by atoms with Crippen molar-refractivity contribution in [3.8, 4) is 17.2 Å². The predicted octanol–water partition coefficient (Wildman–Crippen LogP) is 2.44. The van der Waals surface area contributed by atoms with Gasteiger partial charge in [-0.25, -0.2) is 19.0 Å². The Balaban J connectivity index is 1.97.